The molecule has 0 N–H and O–H groups in total. The zero-order valence-electron chi connectivity index (χ0n) is 12.8. The van der Waals surface area contributed by atoms with Crippen molar-refractivity contribution in [2.75, 3.05) is 11.4 Å². The van der Waals surface area contributed by atoms with Crippen LogP contribution >= 0.6 is 0 Å². The van der Waals surface area contributed by atoms with Gasteiger partial charge in [0.25, 0.3) is 0 Å². The quantitative estimate of drug-likeness (QED) is 0.754. The molecule has 0 amide bonds. The van der Waals surface area contributed by atoms with Gasteiger partial charge in [-0.2, -0.15) is 0 Å². The molecule has 1 heterocycles. The molecular weight excluding hydrogens is 234 g/mol. The molecule has 1 aromatic carbocycles. The highest BCUT2D eigenvalue weighted by Gasteiger charge is 2.36. The van der Waals surface area contributed by atoms with Crippen LogP contribution in [0.3, 0.4) is 0 Å². The molecule has 1 aliphatic rings. The molecular formula is C17H25NO. The Bertz CT molecular complexity index is 490. The lowest BCUT2D eigenvalue weighted by molar-refractivity contribution is 0.112. The molecule has 1 atom stereocenters. The Morgan fingerprint density at radius 2 is 2.11 bits per heavy atom. The van der Waals surface area contributed by atoms with E-state index in [9.17, 15) is 4.79 Å². The lowest BCUT2D eigenvalue weighted by Crippen LogP contribution is -2.49. The maximum Gasteiger partial charge on any atom is 0.150 e. The van der Waals surface area contributed by atoms with Gasteiger partial charge in [0, 0.05) is 23.3 Å². The summed E-state index contributed by atoms with van der Waals surface area (Å²) in [6.07, 6.45) is 3.25. The first kappa shape index (κ1) is 14.1. The number of nitrogens with zero attached hydrogens (tertiary/aromatic N) is 1. The van der Waals surface area contributed by atoms with Gasteiger partial charge >= 0.3 is 0 Å². The van der Waals surface area contributed by atoms with Gasteiger partial charge in [0.1, 0.15) is 6.29 Å². The van der Waals surface area contributed by atoms with Crippen LogP contribution in [0.1, 0.15) is 67.9 Å². The highest BCUT2D eigenvalue weighted by molar-refractivity contribution is 5.79. The Labute approximate surface area is 116 Å². The summed E-state index contributed by atoms with van der Waals surface area (Å²) in [6.45, 7) is 12.4. The molecule has 1 aliphatic heterocycles. The van der Waals surface area contributed by atoms with Gasteiger partial charge in [-0.15, -0.1) is 0 Å². The second kappa shape index (κ2) is 4.99. The van der Waals surface area contributed by atoms with Gasteiger partial charge in [-0.25, -0.2) is 0 Å². The number of aldehydes is 1. The number of carbonyl (C=O) groups is 1. The summed E-state index contributed by atoms with van der Waals surface area (Å²) in [5, 5.41) is 0. The fourth-order valence-corrected chi connectivity index (χ4v) is 3.56. The van der Waals surface area contributed by atoms with E-state index in [1.54, 1.807) is 0 Å². The molecule has 2 rings (SSSR count). The van der Waals surface area contributed by atoms with Crippen LogP contribution in [0.25, 0.3) is 0 Å². The summed E-state index contributed by atoms with van der Waals surface area (Å²) in [5.74, 6) is 0.511. The molecule has 0 aliphatic carbocycles. The van der Waals surface area contributed by atoms with Gasteiger partial charge in [-0.05, 0) is 62.8 Å². The second-order valence-corrected chi connectivity index (χ2v) is 6.46. The van der Waals surface area contributed by atoms with Crippen LogP contribution < -0.4 is 4.90 Å². The first-order valence-electron chi connectivity index (χ1n) is 7.28. The molecule has 0 saturated carbocycles. The van der Waals surface area contributed by atoms with Crippen LogP contribution in [-0.2, 0) is 0 Å². The third-order valence-corrected chi connectivity index (χ3v) is 4.27. The highest BCUT2D eigenvalue weighted by Crippen LogP contribution is 2.45. The van der Waals surface area contributed by atoms with Crippen molar-refractivity contribution in [1.29, 1.82) is 0 Å². The third-order valence-electron chi connectivity index (χ3n) is 4.27. The van der Waals surface area contributed by atoms with Crippen molar-refractivity contribution < 1.29 is 4.79 Å². The number of fused-ring (bicyclic) bond motifs is 1. The molecule has 2 nitrogen and oxygen atoms in total. The van der Waals surface area contributed by atoms with E-state index < -0.39 is 0 Å². The molecule has 0 bridgehead atoms. The molecule has 0 radical (unpaired) electrons. The van der Waals surface area contributed by atoms with Crippen molar-refractivity contribution in [2.45, 2.75) is 58.9 Å². The molecule has 0 fully saturated rings. The Morgan fingerprint density at radius 1 is 1.42 bits per heavy atom. The predicted molar refractivity (Wildman–Crippen MR) is 81.3 cm³/mol. The lowest BCUT2D eigenvalue weighted by atomic mass is 9.78. The summed E-state index contributed by atoms with van der Waals surface area (Å²) in [7, 11) is 0. The van der Waals surface area contributed by atoms with Crippen LogP contribution in [0.15, 0.2) is 12.1 Å². The van der Waals surface area contributed by atoms with Crippen LogP contribution in [0.4, 0.5) is 5.69 Å². The summed E-state index contributed by atoms with van der Waals surface area (Å²) >= 11 is 0. The first-order chi connectivity index (χ1) is 8.90. The zero-order chi connectivity index (χ0) is 14.2. The SMILES string of the molecule is CCCN1c2c(C)cc(C=O)cc2C(C)CC1(C)C. The van der Waals surface area contributed by atoms with Gasteiger partial charge in [0.05, 0.1) is 0 Å². The fraction of sp³-hybridized carbons (Fsp3) is 0.588. The van der Waals surface area contributed by atoms with E-state index in [4.69, 9.17) is 0 Å². The number of benzene rings is 1. The third kappa shape index (κ3) is 2.41. The van der Waals surface area contributed by atoms with Gasteiger partial charge < -0.3 is 4.90 Å². The van der Waals surface area contributed by atoms with Crippen LogP contribution in [0.2, 0.25) is 0 Å². The minimum atomic E-state index is 0.190. The van der Waals surface area contributed by atoms with E-state index in [1.807, 2.05) is 6.07 Å². The summed E-state index contributed by atoms with van der Waals surface area (Å²) in [5.41, 5.74) is 4.92. The monoisotopic (exact) mass is 259 g/mol. The largest absolute Gasteiger partial charge is 0.366 e. The lowest BCUT2D eigenvalue weighted by Gasteiger charge is -2.48. The Kier molecular flexibility index (Phi) is 3.71. The van der Waals surface area contributed by atoms with Gasteiger partial charge in [0.15, 0.2) is 0 Å². The summed E-state index contributed by atoms with van der Waals surface area (Å²) in [4.78, 5) is 13.6. The minimum Gasteiger partial charge on any atom is -0.366 e. The van der Waals surface area contributed by atoms with Gasteiger partial charge in [-0.3, -0.25) is 4.79 Å². The van der Waals surface area contributed by atoms with E-state index in [-0.39, 0.29) is 5.54 Å². The number of rotatable bonds is 3. The number of hydrogen-bond acceptors (Lipinski definition) is 2. The molecule has 0 aromatic heterocycles. The first-order valence-corrected chi connectivity index (χ1v) is 7.28. The molecule has 1 aromatic rings. The number of hydrogen-bond donors (Lipinski definition) is 0. The van der Waals surface area contributed by atoms with Crippen molar-refractivity contribution in [2.24, 2.45) is 0 Å². The normalized spacial score (nSPS) is 21.1. The predicted octanol–water partition coefficient (Wildman–Crippen LogP) is 4.31. The van der Waals surface area contributed by atoms with Crippen LogP contribution in [0, 0.1) is 6.92 Å². The van der Waals surface area contributed by atoms with Crippen molar-refractivity contribution >= 4 is 12.0 Å². The van der Waals surface area contributed by atoms with Crippen LogP contribution in [0.5, 0.6) is 0 Å². The number of carbonyl (C=O) groups excluding carboxylic acids is 1. The minimum absolute atomic E-state index is 0.190. The fourth-order valence-electron chi connectivity index (χ4n) is 3.56. The standard InChI is InChI=1S/C17H25NO/c1-6-7-18-16-12(2)8-14(11-19)9-15(16)13(3)10-17(18,4)5/h8-9,11,13H,6-7,10H2,1-5H3. The highest BCUT2D eigenvalue weighted by atomic mass is 16.1. The number of anilines is 1. The molecule has 0 saturated heterocycles. The second-order valence-electron chi connectivity index (χ2n) is 6.46. The van der Waals surface area contributed by atoms with Crippen molar-refractivity contribution in [3.05, 3.63) is 28.8 Å². The van der Waals surface area contributed by atoms with Crippen molar-refractivity contribution in [3.63, 3.8) is 0 Å². The summed E-state index contributed by atoms with van der Waals surface area (Å²) in [6, 6.07) is 4.10. The van der Waals surface area contributed by atoms with Gasteiger partial charge in [0.2, 0.25) is 0 Å². The van der Waals surface area contributed by atoms with E-state index in [0.717, 1.165) is 31.2 Å². The Balaban J connectivity index is 2.61. The van der Waals surface area contributed by atoms with E-state index in [1.165, 1.54) is 16.8 Å². The van der Waals surface area contributed by atoms with E-state index in [0.29, 0.717) is 5.92 Å². The maximum atomic E-state index is 11.1. The Hall–Kier alpha value is -1.31. The van der Waals surface area contributed by atoms with E-state index in [2.05, 4.69) is 45.6 Å². The topological polar surface area (TPSA) is 20.3 Å². The molecule has 19 heavy (non-hydrogen) atoms. The molecule has 1 unspecified atom stereocenters. The van der Waals surface area contributed by atoms with Crippen molar-refractivity contribution in [1.82, 2.24) is 0 Å². The molecule has 104 valence electrons. The molecule has 0 spiro atoms. The summed E-state index contributed by atoms with van der Waals surface area (Å²) < 4.78 is 0. The number of aryl methyl sites for hydroxylation is 1. The van der Waals surface area contributed by atoms with Gasteiger partial charge in [-0.1, -0.05) is 13.8 Å². The average molecular weight is 259 g/mol. The van der Waals surface area contributed by atoms with Crippen molar-refractivity contribution in [3.8, 4) is 0 Å². The smallest absolute Gasteiger partial charge is 0.150 e. The maximum absolute atomic E-state index is 11.1. The average Bonchev–Trinajstić information content (AvgIpc) is 2.33. The Morgan fingerprint density at radius 3 is 2.68 bits per heavy atom. The van der Waals surface area contributed by atoms with E-state index >= 15 is 0 Å². The van der Waals surface area contributed by atoms with Crippen LogP contribution in [-0.4, -0.2) is 18.4 Å². The molecule has 2 heteroatoms. The zero-order valence-corrected chi connectivity index (χ0v) is 12.8.